The van der Waals surface area contributed by atoms with E-state index in [9.17, 15) is 4.79 Å². The molecule has 0 bridgehead atoms. The number of anilines is 1. The molecule has 2 rings (SSSR count). The van der Waals surface area contributed by atoms with E-state index in [4.69, 9.17) is 0 Å². The van der Waals surface area contributed by atoms with Crippen molar-refractivity contribution in [2.24, 2.45) is 0 Å². The minimum atomic E-state index is 0.631. The number of rotatable bonds is 2. The Kier molecular flexibility index (Phi) is 1.73. The number of para-hydroxylation sites is 1. The number of H-pyrrole nitrogens is 1. The highest BCUT2D eigenvalue weighted by atomic mass is 16.1. The van der Waals surface area contributed by atoms with Gasteiger partial charge in [0.1, 0.15) is 0 Å². The number of carbonyl (C=O) groups is 1. The molecular weight excluding hydrogens is 166 g/mol. The molecule has 2 N–H and O–H groups in total. The SMILES string of the molecule is CNc1n[nH]c2c(C=O)cccc12. The van der Waals surface area contributed by atoms with E-state index in [-0.39, 0.29) is 0 Å². The number of aromatic nitrogens is 2. The van der Waals surface area contributed by atoms with Crippen LogP contribution in [0.2, 0.25) is 0 Å². The molecule has 0 amide bonds. The highest BCUT2D eigenvalue weighted by Gasteiger charge is 2.05. The second-order valence-corrected chi connectivity index (χ2v) is 2.71. The molecule has 0 atom stereocenters. The van der Waals surface area contributed by atoms with Crippen LogP contribution in [0.15, 0.2) is 18.2 Å². The molecule has 0 aliphatic carbocycles. The molecule has 0 aliphatic heterocycles. The summed E-state index contributed by atoms with van der Waals surface area (Å²) in [4.78, 5) is 10.6. The molecule has 4 nitrogen and oxygen atoms in total. The van der Waals surface area contributed by atoms with Crippen molar-refractivity contribution in [1.29, 1.82) is 0 Å². The Hall–Kier alpha value is -1.84. The van der Waals surface area contributed by atoms with Crippen molar-refractivity contribution in [2.75, 3.05) is 12.4 Å². The number of aromatic amines is 1. The summed E-state index contributed by atoms with van der Waals surface area (Å²) in [6.45, 7) is 0. The van der Waals surface area contributed by atoms with Gasteiger partial charge in [-0.05, 0) is 12.1 Å². The normalized spacial score (nSPS) is 10.2. The smallest absolute Gasteiger partial charge is 0.155 e. The molecule has 0 unspecified atom stereocenters. The van der Waals surface area contributed by atoms with Crippen LogP contribution in [0.3, 0.4) is 0 Å². The van der Waals surface area contributed by atoms with Crippen molar-refractivity contribution in [3.63, 3.8) is 0 Å². The Balaban J connectivity index is 2.79. The second-order valence-electron chi connectivity index (χ2n) is 2.71. The van der Waals surface area contributed by atoms with Gasteiger partial charge in [-0.3, -0.25) is 9.89 Å². The predicted molar refractivity (Wildman–Crippen MR) is 51.0 cm³/mol. The molecule has 13 heavy (non-hydrogen) atoms. The maximum absolute atomic E-state index is 10.6. The second kappa shape index (κ2) is 2.90. The van der Waals surface area contributed by atoms with Crippen LogP contribution in [0.1, 0.15) is 10.4 Å². The average Bonchev–Trinajstić information content (AvgIpc) is 2.60. The number of benzene rings is 1. The van der Waals surface area contributed by atoms with Crippen molar-refractivity contribution in [3.8, 4) is 0 Å². The predicted octanol–water partition coefficient (Wildman–Crippen LogP) is 1.42. The Bertz CT molecular complexity index is 447. The molecule has 0 spiro atoms. The summed E-state index contributed by atoms with van der Waals surface area (Å²) in [5, 5.41) is 10.7. The Morgan fingerprint density at radius 1 is 1.54 bits per heavy atom. The van der Waals surface area contributed by atoms with Crippen molar-refractivity contribution in [3.05, 3.63) is 23.8 Å². The lowest BCUT2D eigenvalue weighted by atomic mass is 10.1. The number of carbonyl (C=O) groups excluding carboxylic acids is 1. The number of nitrogens with zero attached hydrogens (tertiary/aromatic N) is 1. The molecule has 0 aliphatic rings. The summed E-state index contributed by atoms with van der Waals surface area (Å²) in [6.07, 6.45) is 0.819. The van der Waals surface area contributed by atoms with Gasteiger partial charge in [-0.15, -0.1) is 0 Å². The molecule has 1 aromatic heterocycles. The molecule has 66 valence electrons. The van der Waals surface area contributed by atoms with E-state index in [1.807, 2.05) is 12.1 Å². The van der Waals surface area contributed by atoms with E-state index in [1.165, 1.54) is 0 Å². The Labute approximate surface area is 75.0 Å². The third kappa shape index (κ3) is 1.07. The number of hydrogen-bond acceptors (Lipinski definition) is 3. The zero-order valence-corrected chi connectivity index (χ0v) is 7.16. The highest BCUT2D eigenvalue weighted by Crippen LogP contribution is 2.21. The van der Waals surface area contributed by atoms with E-state index >= 15 is 0 Å². The van der Waals surface area contributed by atoms with Gasteiger partial charge in [-0.2, -0.15) is 5.10 Å². The molecule has 2 aromatic rings. The van der Waals surface area contributed by atoms with Crippen LogP contribution in [0.25, 0.3) is 10.9 Å². The minimum Gasteiger partial charge on any atom is -0.371 e. The molecule has 1 heterocycles. The van der Waals surface area contributed by atoms with Crippen LogP contribution in [-0.4, -0.2) is 23.5 Å². The highest BCUT2D eigenvalue weighted by molar-refractivity contribution is 6.00. The van der Waals surface area contributed by atoms with E-state index < -0.39 is 0 Å². The largest absolute Gasteiger partial charge is 0.371 e. The number of nitrogens with one attached hydrogen (secondary N) is 2. The lowest BCUT2D eigenvalue weighted by Gasteiger charge is -1.94. The fourth-order valence-corrected chi connectivity index (χ4v) is 1.35. The molecular formula is C9H9N3O. The molecule has 0 fully saturated rings. The lowest BCUT2D eigenvalue weighted by Crippen LogP contribution is -1.87. The first-order valence-corrected chi connectivity index (χ1v) is 3.97. The quantitative estimate of drug-likeness (QED) is 0.678. The first-order chi connectivity index (χ1) is 6.36. The molecule has 4 heteroatoms. The van der Waals surface area contributed by atoms with Crippen LogP contribution in [0.5, 0.6) is 0 Å². The summed E-state index contributed by atoms with van der Waals surface area (Å²) in [7, 11) is 1.79. The first kappa shape index (κ1) is 7.79. The van der Waals surface area contributed by atoms with Gasteiger partial charge in [0.2, 0.25) is 0 Å². The van der Waals surface area contributed by atoms with E-state index in [0.29, 0.717) is 5.56 Å². The summed E-state index contributed by atoms with van der Waals surface area (Å²) in [5.74, 6) is 0.763. The van der Waals surface area contributed by atoms with E-state index in [1.54, 1.807) is 13.1 Å². The molecule has 0 saturated carbocycles. The maximum atomic E-state index is 10.6. The third-order valence-electron chi connectivity index (χ3n) is 2.00. The van der Waals surface area contributed by atoms with E-state index in [0.717, 1.165) is 23.0 Å². The van der Waals surface area contributed by atoms with Gasteiger partial charge in [-0.1, -0.05) is 6.07 Å². The van der Waals surface area contributed by atoms with Gasteiger partial charge >= 0.3 is 0 Å². The molecule has 0 radical (unpaired) electrons. The fourth-order valence-electron chi connectivity index (χ4n) is 1.35. The van der Waals surface area contributed by atoms with Crippen LogP contribution in [0, 0.1) is 0 Å². The number of hydrogen-bond donors (Lipinski definition) is 2. The van der Waals surface area contributed by atoms with Gasteiger partial charge in [-0.25, -0.2) is 0 Å². The van der Waals surface area contributed by atoms with Gasteiger partial charge in [0.15, 0.2) is 12.1 Å². The Morgan fingerprint density at radius 3 is 3.08 bits per heavy atom. The third-order valence-corrected chi connectivity index (χ3v) is 2.00. The van der Waals surface area contributed by atoms with Crippen molar-refractivity contribution >= 4 is 23.0 Å². The number of aldehydes is 1. The van der Waals surface area contributed by atoms with Crippen LogP contribution in [0.4, 0.5) is 5.82 Å². The van der Waals surface area contributed by atoms with Gasteiger partial charge in [0, 0.05) is 18.0 Å². The first-order valence-electron chi connectivity index (χ1n) is 3.97. The zero-order chi connectivity index (χ0) is 9.26. The van der Waals surface area contributed by atoms with Gasteiger partial charge < -0.3 is 5.32 Å². The minimum absolute atomic E-state index is 0.631. The topological polar surface area (TPSA) is 57.8 Å². The van der Waals surface area contributed by atoms with Crippen molar-refractivity contribution in [2.45, 2.75) is 0 Å². The monoisotopic (exact) mass is 175 g/mol. The summed E-state index contributed by atoms with van der Waals surface area (Å²) < 4.78 is 0. The van der Waals surface area contributed by atoms with Crippen molar-refractivity contribution in [1.82, 2.24) is 10.2 Å². The summed E-state index contributed by atoms with van der Waals surface area (Å²) in [5.41, 5.74) is 1.41. The Morgan fingerprint density at radius 2 is 2.38 bits per heavy atom. The number of fused-ring (bicyclic) bond motifs is 1. The maximum Gasteiger partial charge on any atom is 0.155 e. The van der Waals surface area contributed by atoms with Crippen LogP contribution in [-0.2, 0) is 0 Å². The average molecular weight is 175 g/mol. The zero-order valence-electron chi connectivity index (χ0n) is 7.16. The van der Waals surface area contributed by atoms with Crippen molar-refractivity contribution < 1.29 is 4.79 Å². The van der Waals surface area contributed by atoms with Crippen LogP contribution >= 0.6 is 0 Å². The van der Waals surface area contributed by atoms with Gasteiger partial charge in [0.05, 0.1) is 5.52 Å². The van der Waals surface area contributed by atoms with Crippen LogP contribution < -0.4 is 5.32 Å². The van der Waals surface area contributed by atoms with Gasteiger partial charge in [0.25, 0.3) is 0 Å². The van der Waals surface area contributed by atoms with E-state index in [2.05, 4.69) is 15.5 Å². The molecule has 1 aromatic carbocycles. The lowest BCUT2D eigenvalue weighted by molar-refractivity contribution is 0.112. The molecule has 0 saturated heterocycles. The fraction of sp³-hybridized carbons (Fsp3) is 0.111. The summed E-state index contributed by atoms with van der Waals surface area (Å²) in [6, 6.07) is 5.51. The summed E-state index contributed by atoms with van der Waals surface area (Å²) >= 11 is 0. The standard InChI is InChI=1S/C9H9N3O/c1-10-9-7-4-2-3-6(5-13)8(7)11-12-9/h2-5H,1H3,(H2,10,11,12).